The quantitative estimate of drug-likeness (QED) is 0.807. The minimum atomic E-state index is 0.0137. The molecule has 4 nitrogen and oxygen atoms in total. The average Bonchev–Trinajstić information content (AvgIpc) is 2.43. The molecule has 1 aromatic heterocycles. The summed E-state index contributed by atoms with van der Waals surface area (Å²) in [5.41, 5.74) is 1.92. The second-order valence-electron chi connectivity index (χ2n) is 6.20. The predicted octanol–water partition coefficient (Wildman–Crippen LogP) is 3.52. The summed E-state index contributed by atoms with van der Waals surface area (Å²) in [4.78, 5) is 16.8. The highest BCUT2D eigenvalue weighted by molar-refractivity contribution is 5.95. The molecule has 1 heterocycles. The first-order valence-corrected chi connectivity index (χ1v) is 8.09. The lowest BCUT2D eigenvalue weighted by atomic mass is 9.67. The lowest BCUT2D eigenvalue weighted by Crippen LogP contribution is -2.41. The van der Waals surface area contributed by atoms with Crippen LogP contribution >= 0.6 is 0 Å². The molecule has 0 aliphatic heterocycles. The van der Waals surface area contributed by atoms with Gasteiger partial charge >= 0.3 is 0 Å². The Bertz CT molecular complexity index is 489. The van der Waals surface area contributed by atoms with Crippen LogP contribution in [0.25, 0.3) is 0 Å². The van der Waals surface area contributed by atoms with Crippen LogP contribution in [-0.4, -0.2) is 24.0 Å². The van der Waals surface area contributed by atoms with Gasteiger partial charge in [-0.15, -0.1) is 0 Å². The van der Waals surface area contributed by atoms with E-state index in [9.17, 15) is 4.79 Å². The second kappa shape index (κ2) is 6.92. The number of nitrogens with zero attached hydrogens (tertiary/aromatic N) is 1. The Morgan fingerprint density at radius 3 is 2.67 bits per heavy atom. The molecule has 0 radical (unpaired) electrons. The fourth-order valence-corrected chi connectivity index (χ4v) is 2.85. The molecular formula is C17H27N3O. The van der Waals surface area contributed by atoms with Crippen molar-refractivity contribution in [2.45, 2.75) is 52.9 Å². The van der Waals surface area contributed by atoms with E-state index < -0.39 is 0 Å². The Kier molecular flexibility index (Phi) is 5.21. The summed E-state index contributed by atoms with van der Waals surface area (Å²) >= 11 is 0. The van der Waals surface area contributed by atoms with Gasteiger partial charge in [-0.25, -0.2) is 4.98 Å². The second-order valence-corrected chi connectivity index (χ2v) is 6.20. The number of rotatable bonds is 7. The smallest absolute Gasteiger partial charge is 0.251 e. The predicted molar refractivity (Wildman–Crippen MR) is 86.7 cm³/mol. The number of nitrogens with one attached hydrogen (secondary N) is 2. The van der Waals surface area contributed by atoms with Gasteiger partial charge in [-0.05, 0) is 50.2 Å². The van der Waals surface area contributed by atoms with Crippen LogP contribution in [0.5, 0.6) is 0 Å². The number of hydrogen-bond donors (Lipinski definition) is 2. The molecule has 0 atom stereocenters. The number of carbonyl (C=O) groups is 1. The molecule has 2 rings (SSSR count). The van der Waals surface area contributed by atoms with Crippen LogP contribution in [0.2, 0.25) is 0 Å². The highest BCUT2D eigenvalue weighted by Crippen LogP contribution is 2.43. The molecule has 0 spiro atoms. The normalized spacial score (nSPS) is 16.1. The van der Waals surface area contributed by atoms with E-state index in [0.29, 0.717) is 11.0 Å². The molecule has 21 heavy (non-hydrogen) atoms. The number of carbonyl (C=O) groups excluding carboxylic acids is 1. The van der Waals surface area contributed by atoms with Crippen molar-refractivity contribution in [3.63, 3.8) is 0 Å². The summed E-state index contributed by atoms with van der Waals surface area (Å²) in [7, 11) is 0. The standard InChI is InChI=1S/C17H27N3O/c1-4-9-18-15-11-14(10-13(3)20-15)16(21)19-12-17(5-2)7-6-8-17/h10-11H,4-9,12H2,1-3H3,(H,18,20)(H,19,21). The Morgan fingerprint density at radius 1 is 1.33 bits per heavy atom. The first kappa shape index (κ1) is 15.8. The van der Waals surface area contributed by atoms with Gasteiger partial charge in [0.05, 0.1) is 0 Å². The van der Waals surface area contributed by atoms with Crippen LogP contribution in [-0.2, 0) is 0 Å². The van der Waals surface area contributed by atoms with Gasteiger partial charge in [-0.3, -0.25) is 4.79 Å². The van der Waals surface area contributed by atoms with E-state index in [-0.39, 0.29) is 5.91 Å². The van der Waals surface area contributed by atoms with Crippen molar-refractivity contribution in [3.05, 3.63) is 23.4 Å². The maximum absolute atomic E-state index is 12.4. The molecule has 4 heteroatoms. The molecule has 0 bridgehead atoms. The van der Waals surface area contributed by atoms with Crippen molar-refractivity contribution >= 4 is 11.7 Å². The lowest BCUT2D eigenvalue weighted by Gasteiger charge is -2.41. The van der Waals surface area contributed by atoms with Crippen molar-refractivity contribution in [3.8, 4) is 0 Å². The van der Waals surface area contributed by atoms with Crippen LogP contribution in [0, 0.1) is 12.3 Å². The van der Waals surface area contributed by atoms with E-state index in [1.54, 1.807) is 0 Å². The third kappa shape index (κ3) is 3.96. The van der Waals surface area contributed by atoms with Gasteiger partial charge in [0.25, 0.3) is 5.91 Å². The van der Waals surface area contributed by atoms with Crippen LogP contribution in [0.15, 0.2) is 12.1 Å². The first-order valence-electron chi connectivity index (χ1n) is 8.09. The van der Waals surface area contributed by atoms with Gasteiger partial charge in [-0.2, -0.15) is 0 Å². The van der Waals surface area contributed by atoms with E-state index >= 15 is 0 Å². The van der Waals surface area contributed by atoms with Crippen molar-refractivity contribution in [2.24, 2.45) is 5.41 Å². The zero-order chi connectivity index (χ0) is 15.3. The number of pyridine rings is 1. The number of hydrogen-bond acceptors (Lipinski definition) is 3. The third-order valence-electron chi connectivity index (χ3n) is 4.56. The number of aromatic nitrogens is 1. The number of anilines is 1. The average molecular weight is 289 g/mol. The molecule has 1 aromatic rings. The molecule has 2 N–H and O–H groups in total. The summed E-state index contributed by atoms with van der Waals surface area (Å²) in [5, 5.41) is 6.35. The topological polar surface area (TPSA) is 54.0 Å². The summed E-state index contributed by atoms with van der Waals surface area (Å²) < 4.78 is 0. The van der Waals surface area contributed by atoms with E-state index in [1.807, 2.05) is 19.1 Å². The minimum absolute atomic E-state index is 0.0137. The minimum Gasteiger partial charge on any atom is -0.370 e. The summed E-state index contributed by atoms with van der Waals surface area (Å²) in [6, 6.07) is 3.70. The maximum atomic E-state index is 12.4. The van der Waals surface area contributed by atoms with Crippen LogP contribution in [0.1, 0.15) is 62.0 Å². The van der Waals surface area contributed by atoms with E-state index in [2.05, 4.69) is 29.5 Å². The Balaban J connectivity index is 1.99. The molecule has 1 amide bonds. The zero-order valence-corrected chi connectivity index (χ0v) is 13.5. The fraction of sp³-hybridized carbons (Fsp3) is 0.647. The Hall–Kier alpha value is -1.58. The Morgan fingerprint density at radius 2 is 2.10 bits per heavy atom. The van der Waals surface area contributed by atoms with E-state index in [0.717, 1.165) is 37.4 Å². The van der Waals surface area contributed by atoms with Crippen molar-refractivity contribution in [1.29, 1.82) is 0 Å². The van der Waals surface area contributed by atoms with E-state index in [1.165, 1.54) is 19.3 Å². The first-order chi connectivity index (χ1) is 10.1. The lowest BCUT2D eigenvalue weighted by molar-refractivity contribution is 0.0850. The molecular weight excluding hydrogens is 262 g/mol. The van der Waals surface area contributed by atoms with Crippen LogP contribution in [0.3, 0.4) is 0 Å². The van der Waals surface area contributed by atoms with Gasteiger partial charge in [-0.1, -0.05) is 20.3 Å². The number of aryl methyl sites for hydroxylation is 1. The van der Waals surface area contributed by atoms with Crippen molar-refractivity contribution in [2.75, 3.05) is 18.4 Å². The molecule has 1 aliphatic carbocycles. The molecule has 1 fully saturated rings. The maximum Gasteiger partial charge on any atom is 0.251 e. The molecule has 1 aliphatic rings. The molecule has 0 saturated heterocycles. The highest BCUT2D eigenvalue weighted by atomic mass is 16.1. The van der Waals surface area contributed by atoms with Gasteiger partial charge in [0.15, 0.2) is 0 Å². The van der Waals surface area contributed by atoms with Crippen LogP contribution in [0.4, 0.5) is 5.82 Å². The van der Waals surface area contributed by atoms with E-state index in [4.69, 9.17) is 0 Å². The number of amides is 1. The summed E-state index contributed by atoms with van der Waals surface area (Å²) in [6.07, 6.45) is 5.95. The largest absolute Gasteiger partial charge is 0.370 e. The van der Waals surface area contributed by atoms with Gasteiger partial charge in [0.1, 0.15) is 5.82 Å². The summed E-state index contributed by atoms with van der Waals surface area (Å²) in [5.74, 6) is 0.802. The van der Waals surface area contributed by atoms with Crippen molar-refractivity contribution < 1.29 is 4.79 Å². The fourth-order valence-electron chi connectivity index (χ4n) is 2.85. The van der Waals surface area contributed by atoms with Gasteiger partial charge in [0, 0.05) is 24.3 Å². The highest BCUT2D eigenvalue weighted by Gasteiger charge is 2.35. The van der Waals surface area contributed by atoms with Crippen LogP contribution < -0.4 is 10.6 Å². The molecule has 0 aromatic carbocycles. The molecule has 0 unspecified atom stereocenters. The molecule has 1 saturated carbocycles. The monoisotopic (exact) mass is 289 g/mol. The zero-order valence-electron chi connectivity index (χ0n) is 13.5. The molecule has 116 valence electrons. The van der Waals surface area contributed by atoms with Crippen molar-refractivity contribution in [1.82, 2.24) is 10.3 Å². The van der Waals surface area contributed by atoms with Gasteiger partial charge in [0.2, 0.25) is 0 Å². The Labute approximate surface area is 127 Å². The SMILES string of the molecule is CCCNc1cc(C(=O)NCC2(CC)CCC2)cc(C)n1. The van der Waals surface area contributed by atoms with Gasteiger partial charge < -0.3 is 10.6 Å². The summed E-state index contributed by atoms with van der Waals surface area (Å²) in [6.45, 7) is 7.92. The third-order valence-corrected chi connectivity index (χ3v) is 4.56.